The van der Waals surface area contributed by atoms with Gasteiger partial charge in [0.15, 0.2) is 5.82 Å². The van der Waals surface area contributed by atoms with Crippen molar-refractivity contribution < 1.29 is 4.74 Å². The molecule has 0 fully saturated rings. The summed E-state index contributed by atoms with van der Waals surface area (Å²) in [6.45, 7) is 1.31. The Morgan fingerprint density at radius 2 is 1.92 bits per heavy atom. The summed E-state index contributed by atoms with van der Waals surface area (Å²) in [5.41, 5.74) is 2.67. The van der Waals surface area contributed by atoms with Crippen molar-refractivity contribution in [2.45, 2.75) is 6.54 Å². The molecule has 7 nitrogen and oxygen atoms in total. The van der Waals surface area contributed by atoms with Crippen molar-refractivity contribution in [2.24, 2.45) is 0 Å². The quantitative estimate of drug-likeness (QED) is 0.577. The third-order valence-electron chi connectivity index (χ3n) is 3.96. The lowest BCUT2D eigenvalue weighted by atomic mass is 10.2. The van der Waals surface area contributed by atoms with Crippen LogP contribution in [0.3, 0.4) is 0 Å². The first-order valence-electron chi connectivity index (χ1n) is 8.29. The van der Waals surface area contributed by atoms with E-state index in [1.54, 1.807) is 25.7 Å². The first-order chi connectivity index (χ1) is 12.8. The van der Waals surface area contributed by atoms with Gasteiger partial charge in [0.25, 0.3) is 0 Å². The SMILES string of the molecule is COCCn1cc(Nc2nc(-c3ccncc3)nc3ccccc23)cn1. The Hall–Kier alpha value is -3.32. The van der Waals surface area contributed by atoms with Crippen molar-refractivity contribution >= 4 is 22.4 Å². The van der Waals surface area contributed by atoms with Crippen LogP contribution in [0.5, 0.6) is 0 Å². The molecule has 0 unspecified atom stereocenters. The summed E-state index contributed by atoms with van der Waals surface area (Å²) in [6.07, 6.45) is 7.18. The van der Waals surface area contributed by atoms with Crippen molar-refractivity contribution in [3.63, 3.8) is 0 Å². The van der Waals surface area contributed by atoms with Gasteiger partial charge in [-0.2, -0.15) is 5.10 Å². The maximum atomic E-state index is 5.09. The van der Waals surface area contributed by atoms with Crippen molar-refractivity contribution in [2.75, 3.05) is 19.0 Å². The maximum Gasteiger partial charge on any atom is 0.162 e. The number of anilines is 2. The number of nitrogens with zero attached hydrogens (tertiary/aromatic N) is 5. The standard InChI is InChI=1S/C19H18N6O/c1-26-11-10-25-13-15(12-21-25)22-19-16-4-2-3-5-17(16)23-18(24-19)14-6-8-20-9-7-14/h2-9,12-13H,10-11H2,1H3,(H,22,23,24). The molecule has 3 heterocycles. The van der Waals surface area contributed by atoms with Gasteiger partial charge in [0.05, 0.1) is 30.6 Å². The molecule has 0 aliphatic carbocycles. The van der Waals surface area contributed by atoms with Crippen molar-refractivity contribution in [3.8, 4) is 11.4 Å². The lowest BCUT2D eigenvalue weighted by Gasteiger charge is -2.09. The number of hydrogen-bond acceptors (Lipinski definition) is 6. The number of fused-ring (bicyclic) bond motifs is 1. The predicted octanol–water partition coefficient (Wildman–Crippen LogP) is 3.28. The van der Waals surface area contributed by atoms with Crippen molar-refractivity contribution in [1.82, 2.24) is 24.7 Å². The number of nitrogens with one attached hydrogen (secondary N) is 1. The smallest absolute Gasteiger partial charge is 0.162 e. The van der Waals surface area contributed by atoms with Gasteiger partial charge < -0.3 is 10.1 Å². The van der Waals surface area contributed by atoms with Gasteiger partial charge >= 0.3 is 0 Å². The summed E-state index contributed by atoms with van der Waals surface area (Å²) in [7, 11) is 1.68. The fraction of sp³-hybridized carbons (Fsp3) is 0.158. The van der Waals surface area contributed by atoms with E-state index in [1.165, 1.54) is 0 Å². The molecule has 0 amide bonds. The van der Waals surface area contributed by atoms with Crippen LogP contribution in [-0.4, -0.2) is 38.4 Å². The van der Waals surface area contributed by atoms with E-state index in [4.69, 9.17) is 9.72 Å². The van der Waals surface area contributed by atoms with E-state index in [-0.39, 0.29) is 0 Å². The highest BCUT2D eigenvalue weighted by atomic mass is 16.5. The minimum absolute atomic E-state index is 0.615. The van der Waals surface area contributed by atoms with Crippen LogP contribution in [0.1, 0.15) is 0 Å². The zero-order chi connectivity index (χ0) is 17.8. The molecule has 0 atom stereocenters. The molecule has 0 saturated carbocycles. The molecule has 1 N–H and O–H groups in total. The molecule has 0 aliphatic rings. The largest absolute Gasteiger partial charge is 0.383 e. The Bertz CT molecular complexity index is 1010. The molecule has 7 heteroatoms. The van der Waals surface area contributed by atoms with Crippen LogP contribution in [-0.2, 0) is 11.3 Å². The third kappa shape index (κ3) is 3.38. The van der Waals surface area contributed by atoms with Gasteiger partial charge in [0, 0.05) is 36.7 Å². The molecule has 4 rings (SSSR count). The van der Waals surface area contributed by atoms with Crippen LogP contribution < -0.4 is 5.32 Å². The monoisotopic (exact) mass is 346 g/mol. The minimum atomic E-state index is 0.615. The number of para-hydroxylation sites is 1. The first-order valence-corrected chi connectivity index (χ1v) is 8.29. The zero-order valence-corrected chi connectivity index (χ0v) is 14.3. The lowest BCUT2D eigenvalue weighted by Crippen LogP contribution is -2.04. The summed E-state index contributed by atoms with van der Waals surface area (Å²) in [4.78, 5) is 13.5. The number of hydrogen-bond donors (Lipinski definition) is 1. The Labute approximate surface area is 150 Å². The molecule has 3 aromatic heterocycles. The summed E-state index contributed by atoms with van der Waals surface area (Å²) >= 11 is 0. The Balaban J connectivity index is 1.72. The third-order valence-corrected chi connectivity index (χ3v) is 3.96. The zero-order valence-electron chi connectivity index (χ0n) is 14.3. The molecule has 130 valence electrons. The molecule has 26 heavy (non-hydrogen) atoms. The second-order valence-corrected chi connectivity index (χ2v) is 5.76. The van der Waals surface area contributed by atoms with Crippen LogP contribution in [0.15, 0.2) is 61.2 Å². The van der Waals surface area contributed by atoms with Crippen LogP contribution in [0.2, 0.25) is 0 Å². The van der Waals surface area contributed by atoms with Crippen LogP contribution in [0.25, 0.3) is 22.3 Å². The van der Waals surface area contributed by atoms with E-state index in [9.17, 15) is 0 Å². The van der Waals surface area contributed by atoms with Crippen LogP contribution in [0.4, 0.5) is 11.5 Å². The highest BCUT2D eigenvalue weighted by molar-refractivity contribution is 5.92. The average Bonchev–Trinajstić information content (AvgIpc) is 3.14. The molecular formula is C19H18N6O. The minimum Gasteiger partial charge on any atom is -0.383 e. The van der Waals surface area contributed by atoms with Gasteiger partial charge in [-0.3, -0.25) is 9.67 Å². The van der Waals surface area contributed by atoms with E-state index in [0.29, 0.717) is 19.0 Å². The molecule has 0 aliphatic heterocycles. The number of pyridine rings is 1. The highest BCUT2D eigenvalue weighted by Gasteiger charge is 2.10. The number of methoxy groups -OCH3 is 1. The fourth-order valence-electron chi connectivity index (χ4n) is 2.67. The first kappa shape index (κ1) is 16.2. The van der Waals surface area contributed by atoms with E-state index in [2.05, 4.69) is 20.4 Å². The van der Waals surface area contributed by atoms with Gasteiger partial charge in [-0.25, -0.2) is 9.97 Å². The molecule has 0 radical (unpaired) electrons. The fourth-order valence-corrected chi connectivity index (χ4v) is 2.67. The van der Waals surface area contributed by atoms with E-state index >= 15 is 0 Å². The Morgan fingerprint density at radius 3 is 2.77 bits per heavy atom. The number of rotatable bonds is 6. The van der Waals surface area contributed by atoms with E-state index in [0.717, 1.165) is 28.0 Å². The van der Waals surface area contributed by atoms with Crippen LogP contribution in [0, 0.1) is 0 Å². The van der Waals surface area contributed by atoms with E-state index < -0.39 is 0 Å². The van der Waals surface area contributed by atoms with Gasteiger partial charge in [0.1, 0.15) is 5.82 Å². The molecular weight excluding hydrogens is 328 g/mol. The Morgan fingerprint density at radius 1 is 1.08 bits per heavy atom. The van der Waals surface area contributed by atoms with Crippen molar-refractivity contribution in [3.05, 3.63) is 61.2 Å². The molecule has 1 aromatic carbocycles. The highest BCUT2D eigenvalue weighted by Crippen LogP contribution is 2.26. The topological polar surface area (TPSA) is 77.8 Å². The summed E-state index contributed by atoms with van der Waals surface area (Å²) in [6, 6.07) is 11.7. The summed E-state index contributed by atoms with van der Waals surface area (Å²) in [5.74, 6) is 1.40. The van der Waals surface area contributed by atoms with E-state index in [1.807, 2.05) is 47.3 Å². The summed E-state index contributed by atoms with van der Waals surface area (Å²) < 4.78 is 6.92. The molecule has 4 aromatic rings. The van der Waals surface area contributed by atoms with Crippen LogP contribution >= 0.6 is 0 Å². The second kappa shape index (κ2) is 7.28. The van der Waals surface area contributed by atoms with Gasteiger partial charge in [-0.1, -0.05) is 12.1 Å². The predicted molar refractivity (Wildman–Crippen MR) is 100 cm³/mol. The normalized spacial score (nSPS) is 11.0. The number of aromatic nitrogens is 5. The number of benzene rings is 1. The number of ether oxygens (including phenoxy) is 1. The summed E-state index contributed by atoms with van der Waals surface area (Å²) in [5, 5.41) is 8.65. The average molecular weight is 346 g/mol. The van der Waals surface area contributed by atoms with Gasteiger partial charge in [-0.05, 0) is 24.3 Å². The molecule has 0 saturated heterocycles. The maximum absolute atomic E-state index is 5.09. The molecule has 0 spiro atoms. The molecule has 0 bridgehead atoms. The van der Waals surface area contributed by atoms with Gasteiger partial charge in [0.2, 0.25) is 0 Å². The Kier molecular flexibility index (Phi) is 4.53. The van der Waals surface area contributed by atoms with Crippen molar-refractivity contribution in [1.29, 1.82) is 0 Å². The lowest BCUT2D eigenvalue weighted by molar-refractivity contribution is 0.183. The second-order valence-electron chi connectivity index (χ2n) is 5.76. The van der Waals surface area contributed by atoms with Gasteiger partial charge in [-0.15, -0.1) is 0 Å².